The number of aliphatic carboxylic acids is 2. The summed E-state index contributed by atoms with van der Waals surface area (Å²) < 4.78 is 22.4. The maximum atomic E-state index is 12.4. The minimum Gasteiger partial charge on any atom is -0.480 e. The zero-order valence-electron chi connectivity index (χ0n) is 25.9. The van der Waals surface area contributed by atoms with Gasteiger partial charge in [0.2, 0.25) is 17.7 Å². The van der Waals surface area contributed by atoms with Crippen LogP contribution in [0.15, 0.2) is 12.5 Å². The van der Waals surface area contributed by atoms with Crippen molar-refractivity contribution in [3.8, 4) is 11.8 Å². The van der Waals surface area contributed by atoms with Gasteiger partial charge in [-0.15, -0.1) is 11.8 Å². The third-order valence-electron chi connectivity index (χ3n) is 6.84. The van der Waals surface area contributed by atoms with Gasteiger partial charge in [-0.2, -0.15) is 0 Å². The van der Waals surface area contributed by atoms with Gasteiger partial charge in [0, 0.05) is 18.4 Å². The number of nitrogens with zero attached hydrogens (tertiary/aromatic N) is 3. The van der Waals surface area contributed by atoms with Crippen LogP contribution >= 0.6 is 19.6 Å². The van der Waals surface area contributed by atoms with E-state index in [1.807, 2.05) is 0 Å². The first-order chi connectivity index (χ1) is 23.5. The van der Waals surface area contributed by atoms with Crippen LogP contribution in [0.1, 0.15) is 24.6 Å². The Hall–Kier alpha value is -4.37. The van der Waals surface area contributed by atoms with Crippen molar-refractivity contribution in [2.24, 2.45) is 5.73 Å². The fourth-order valence-corrected chi connectivity index (χ4v) is 5.63. The van der Waals surface area contributed by atoms with E-state index < -0.39 is 87.3 Å². The minimum absolute atomic E-state index is 0.00618. The number of carboxylic acid groups (broad SMARTS) is 2. The number of carbonyl (C=O) groups excluding carboxylic acids is 3. The van der Waals surface area contributed by atoms with Gasteiger partial charge >= 0.3 is 19.8 Å². The predicted molar refractivity (Wildman–Crippen MR) is 170 cm³/mol. The Bertz CT molecular complexity index is 1690. The summed E-state index contributed by atoms with van der Waals surface area (Å²) in [6.45, 7) is -1.62. The SMILES string of the molecule is Nc1ncnc2c1c(C#CCNC(=O)CSC[C@@H](NC(=O)CC[C@H](N)C(=O)O)C(=O)NCC(=O)O)cn2[C@@H]1O[C@H](COP(=O)(O)O)[C@@H](O)[C@H]1O. The highest BCUT2D eigenvalue weighted by atomic mass is 32.2. The molecule has 2 aromatic rings. The maximum absolute atomic E-state index is 12.4. The van der Waals surface area contributed by atoms with Crippen LogP contribution in [0.4, 0.5) is 5.82 Å². The lowest BCUT2D eigenvalue weighted by atomic mass is 10.1. The average Bonchev–Trinajstić information content (AvgIpc) is 3.55. The molecular formula is C26H35N8O14PS. The Morgan fingerprint density at radius 1 is 1.12 bits per heavy atom. The van der Waals surface area contributed by atoms with Crippen LogP contribution in [0.5, 0.6) is 0 Å². The first-order valence-corrected chi connectivity index (χ1v) is 17.1. The van der Waals surface area contributed by atoms with Crippen molar-refractivity contribution in [3.05, 3.63) is 18.1 Å². The van der Waals surface area contributed by atoms with Crippen LogP contribution < -0.4 is 27.4 Å². The number of anilines is 1. The molecule has 22 nitrogen and oxygen atoms in total. The topological polar surface area (TPSA) is 361 Å². The van der Waals surface area contributed by atoms with E-state index in [4.69, 9.17) is 36.2 Å². The van der Waals surface area contributed by atoms with Gasteiger partial charge in [-0.3, -0.25) is 28.5 Å². The third kappa shape index (κ3) is 11.6. The molecule has 24 heteroatoms. The van der Waals surface area contributed by atoms with E-state index in [1.54, 1.807) is 0 Å². The number of carboxylic acids is 2. The molecule has 0 aliphatic carbocycles. The largest absolute Gasteiger partial charge is 0.480 e. The molecule has 2 aromatic heterocycles. The van der Waals surface area contributed by atoms with E-state index >= 15 is 0 Å². The zero-order valence-corrected chi connectivity index (χ0v) is 27.6. The number of phosphoric ester groups is 1. The number of aromatic nitrogens is 3. The molecule has 3 amide bonds. The number of phosphoric acid groups is 1. The second-order valence-corrected chi connectivity index (χ2v) is 12.8. The molecule has 50 heavy (non-hydrogen) atoms. The summed E-state index contributed by atoms with van der Waals surface area (Å²) in [5.41, 5.74) is 11.8. The highest BCUT2D eigenvalue weighted by molar-refractivity contribution is 8.00. The van der Waals surface area contributed by atoms with Crippen LogP contribution in [0.2, 0.25) is 0 Å². The fourth-order valence-electron chi connectivity index (χ4n) is 4.41. The van der Waals surface area contributed by atoms with E-state index in [0.29, 0.717) is 0 Å². The molecule has 6 atom stereocenters. The van der Waals surface area contributed by atoms with Gasteiger partial charge in [0.25, 0.3) is 0 Å². The van der Waals surface area contributed by atoms with Crippen LogP contribution in [0, 0.1) is 11.8 Å². The van der Waals surface area contributed by atoms with Gasteiger partial charge in [-0.25, -0.2) is 14.5 Å². The highest BCUT2D eigenvalue weighted by Gasteiger charge is 2.45. The summed E-state index contributed by atoms with van der Waals surface area (Å²) in [5, 5.41) is 46.0. The summed E-state index contributed by atoms with van der Waals surface area (Å²) in [7, 11) is -4.89. The quantitative estimate of drug-likeness (QED) is 0.0540. The number of rotatable bonds is 17. The Kier molecular flexibility index (Phi) is 14.5. The predicted octanol–water partition coefficient (Wildman–Crippen LogP) is -4.18. The summed E-state index contributed by atoms with van der Waals surface area (Å²) in [4.78, 5) is 84.8. The number of hydrogen-bond donors (Lipinski definition) is 11. The summed E-state index contributed by atoms with van der Waals surface area (Å²) in [6.07, 6.45) is -3.75. The molecule has 1 fully saturated rings. The third-order valence-corrected chi connectivity index (χ3v) is 8.36. The standard InChI is InChI=1S/C26H35N8O14PS/c27-13(26(42)43)3-4-16(35)33-14(24(41)30-6-18(37)38)9-50-10-17(36)29-5-1-2-12-7-34(23-19(12)22(28)31-11-32-23)25-21(40)20(39)15(48-25)8-47-49(44,45)46/h7,11,13-15,20-21,25,39-40H,3-6,8-10,27H2,(H,29,36)(H,30,41)(H,33,35)(H,37,38)(H,42,43)(H2,28,31,32)(H2,44,45,46)/t13-,14+,15+,20+,21+,25+/m0/s1. The van der Waals surface area contributed by atoms with E-state index in [1.165, 1.54) is 10.8 Å². The Balaban J connectivity index is 1.61. The van der Waals surface area contributed by atoms with Crippen molar-refractivity contribution in [1.82, 2.24) is 30.5 Å². The lowest BCUT2D eigenvalue weighted by Crippen LogP contribution is -2.49. The number of aliphatic hydroxyl groups is 2. The monoisotopic (exact) mass is 746 g/mol. The number of ether oxygens (including phenoxy) is 1. The lowest BCUT2D eigenvalue weighted by Gasteiger charge is -2.18. The molecule has 13 N–H and O–H groups in total. The second kappa shape index (κ2) is 18.0. The molecular weight excluding hydrogens is 711 g/mol. The van der Waals surface area contributed by atoms with Gasteiger partial charge in [0.1, 0.15) is 54.7 Å². The van der Waals surface area contributed by atoms with Crippen molar-refractivity contribution >= 4 is 66.1 Å². The van der Waals surface area contributed by atoms with Gasteiger partial charge in [-0.05, 0) is 6.42 Å². The maximum Gasteiger partial charge on any atom is 0.469 e. The summed E-state index contributed by atoms with van der Waals surface area (Å²) in [5.74, 6) is 0.489. The van der Waals surface area contributed by atoms with Crippen molar-refractivity contribution in [2.45, 2.75) is 49.5 Å². The van der Waals surface area contributed by atoms with Crippen LogP contribution in [0.25, 0.3) is 11.0 Å². The fraction of sp³-hybridized carbons (Fsp3) is 0.500. The molecule has 274 valence electrons. The smallest absolute Gasteiger partial charge is 0.469 e. The molecule has 0 saturated carbocycles. The minimum atomic E-state index is -4.89. The number of thioether (sulfide) groups is 1. The number of amides is 3. The van der Waals surface area contributed by atoms with Gasteiger partial charge in [0.15, 0.2) is 6.23 Å². The van der Waals surface area contributed by atoms with Crippen molar-refractivity contribution < 1.29 is 68.0 Å². The van der Waals surface area contributed by atoms with Gasteiger partial charge < -0.3 is 66.9 Å². The molecule has 3 rings (SSSR count). The first kappa shape index (κ1) is 40.1. The number of aliphatic hydroxyl groups excluding tert-OH is 2. The van der Waals surface area contributed by atoms with Gasteiger partial charge in [-0.1, -0.05) is 11.8 Å². The van der Waals surface area contributed by atoms with E-state index in [-0.39, 0.29) is 53.3 Å². The molecule has 0 aromatic carbocycles. The van der Waals surface area contributed by atoms with Crippen molar-refractivity contribution in [1.29, 1.82) is 0 Å². The summed E-state index contributed by atoms with van der Waals surface area (Å²) in [6, 6.07) is -2.55. The van der Waals surface area contributed by atoms with Crippen LogP contribution in [0.3, 0.4) is 0 Å². The molecule has 0 bridgehead atoms. The summed E-state index contributed by atoms with van der Waals surface area (Å²) >= 11 is 0.935. The van der Waals surface area contributed by atoms with E-state index in [0.717, 1.165) is 18.1 Å². The molecule has 1 saturated heterocycles. The van der Waals surface area contributed by atoms with Crippen LogP contribution in [-0.4, -0.2) is 136 Å². The van der Waals surface area contributed by atoms with Crippen LogP contribution in [-0.2, 0) is 37.8 Å². The highest BCUT2D eigenvalue weighted by Crippen LogP contribution is 2.39. The first-order valence-electron chi connectivity index (χ1n) is 14.4. The number of nitrogen functional groups attached to an aromatic ring is 1. The normalized spacial score (nSPS) is 19.9. The molecule has 0 spiro atoms. The second-order valence-electron chi connectivity index (χ2n) is 10.5. The number of nitrogens with two attached hydrogens (primary N) is 2. The zero-order chi connectivity index (χ0) is 37.2. The molecule has 0 radical (unpaired) electrons. The molecule has 3 heterocycles. The van der Waals surface area contributed by atoms with Crippen molar-refractivity contribution in [2.75, 3.05) is 36.9 Å². The Labute approximate surface area is 286 Å². The Morgan fingerprint density at radius 2 is 1.84 bits per heavy atom. The number of hydrogen-bond acceptors (Lipinski definition) is 15. The molecule has 1 aliphatic heterocycles. The molecule has 1 aliphatic rings. The van der Waals surface area contributed by atoms with E-state index in [2.05, 4.69) is 42.3 Å². The van der Waals surface area contributed by atoms with Gasteiger partial charge in [0.05, 0.1) is 29.9 Å². The van der Waals surface area contributed by atoms with Crippen molar-refractivity contribution in [3.63, 3.8) is 0 Å². The Morgan fingerprint density at radius 3 is 2.50 bits per heavy atom. The number of nitrogens with one attached hydrogen (secondary N) is 3. The average molecular weight is 747 g/mol. The molecule has 0 unspecified atom stereocenters. The lowest BCUT2D eigenvalue weighted by molar-refractivity contribution is -0.139. The van der Waals surface area contributed by atoms with E-state index in [9.17, 15) is 38.8 Å². The number of carbonyl (C=O) groups is 5. The number of fused-ring (bicyclic) bond motifs is 1.